The fourth-order valence-corrected chi connectivity index (χ4v) is 5.78. The van der Waals surface area contributed by atoms with E-state index >= 15 is 0 Å². The van der Waals surface area contributed by atoms with Crippen molar-refractivity contribution in [1.82, 2.24) is 0 Å². The summed E-state index contributed by atoms with van der Waals surface area (Å²) in [6, 6.07) is 0. The number of carbonyl (C=O) groups excluding carboxylic acids is 2. The number of hydrogen-bond acceptors (Lipinski definition) is 9. The first-order chi connectivity index (χ1) is 21.8. The Kier molecular flexibility index (Phi) is 30.8. The second-order valence-corrected chi connectivity index (χ2v) is 13.7. The maximum atomic E-state index is 12.3. The molecule has 268 valence electrons. The second kappa shape index (κ2) is 31.6. The van der Waals surface area contributed by atoms with Crippen molar-refractivity contribution in [2.45, 2.75) is 180 Å². The molecule has 0 bridgehead atoms. The van der Waals surface area contributed by atoms with Crippen LogP contribution >= 0.6 is 7.82 Å². The Morgan fingerprint density at radius 2 is 0.778 bits per heavy atom. The molecule has 0 spiro atoms. The highest BCUT2D eigenvalue weighted by atomic mass is 31.2. The van der Waals surface area contributed by atoms with Crippen molar-refractivity contribution in [3.05, 3.63) is 0 Å². The van der Waals surface area contributed by atoms with Crippen molar-refractivity contribution in [2.75, 3.05) is 26.4 Å². The fraction of sp³-hybridized carbons (Fsp3) is 0.941. The summed E-state index contributed by atoms with van der Waals surface area (Å²) in [4.78, 5) is 34.2. The number of rotatable bonds is 34. The van der Waals surface area contributed by atoms with Crippen LogP contribution in [0.2, 0.25) is 0 Å². The summed E-state index contributed by atoms with van der Waals surface area (Å²) in [5, 5.41) is 19.0. The first-order valence-electron chi connectivity index (χ1n) is 18.0. The zero-order valence-electron chi connectivity index (χ0n) is 28.6. The highest BCUT2D eigenvalue weighted by Gasteiger charge is 2.27. The molecule has 3 unspecified atom stereocenters. The Labute approximate surface area is 273 Å². The lowest BCUT2D eigenvalue weighted by molar-refractivity contribution is -0.153. The van der Waals surface area contributed by atoms with Crippen molar-refractivity contribution < 1.29 is 47.8 Å². The second-order valence-electron chi connectivity index (χ2n) is 12.2. The van der Waals surface area contributed by atoms with Crippen molar-refractivity contribution in [2.24, 2.45) is 0 Å². The SMILES string of the molecule is CCCCCCCCCCCCCCC(=O)OC(CO)COP(=O)(O)OCC(CO)OC(=O)CCCCCCCCCCCC. The number of aliphatic hydroxyl groups excluding tert-OH is 2. The molecule has 0 amide bonds. The number of phosphoric acid groups is 1. The molecule has 0 aromatic rings. The minimum absolute atomic E-state index is 0.198. The van der Waals surface area contributed by atoms with E-state index in [1.165, 1.54) is 89.9 Å². The maximum absolute atomic E-state index is 12.3. The largest absolute Gasteiger partial charge is 0.472 e. The molecule has 0 aromatic carbocycles. The lowest BCUT2D eigenvalue weighted by Gasteiger charge is -2.20. The van der Waals surface area contributed by atoms with E-state index in [4.69, 9.17) is 18.5 Å². The lowest BCUT2D eigenvalue weighted by atomic mass is 10.0. The average Bonchev–Trinajstić information content (AvgIpc) is 3.02. The Hall–Kier alpha value is -1.03. The number of ether oxygens (including phenoxy) is 2. The molecule has 3 N–H and O–H groups in total. The zero-order valence-corrected chi connectivity index (χ0v) is 29.5. The van der Waals surface area contributed by atoms with Gasteiger partial charge in [0, 0.05) is 12.8 Å². The van der Waals surface area contributed by atoms with Crippen molar-refractivity contribution in [3.63, 3.8) is 0 Å². The van der Waals surface area contributed by atoms with Gasteiger partial charge in [0.05, 0.1) is 26.4 Å². The third-order valence-corrected chi connectivity index (χ3v) is 8.77. The number of hydrogen-bond donors (Lipinski definition) is 3. The summed E-state index contributed by atoms with van der Waals surface area (Å²) in [6.07, 6.45) is 23.7. The summed E-state index contributed by atoms with van der Waals surface area (Å²) in [5.74, 6) is -1.01. The highest BCUT2D eigenvalue weighted by Crippen LogP contribution is 2.43. The number of esters is 2. The topological polar surface area (TPSA) is 149 Å². The van der Waals surface area contributed by atoms with Gasteiger partial charge < -0.3 is 24.6 Å². The third kappa shape index (κ3) is 30.1. The predicted octanol–water partition coefficient (Wildman–Crippen LogP) is 8.33. The summed E-state index contributed by atoms with van der Waals surface area (Å²) >= 11 is 0. The van der Waals surface area contributed by atoms with Crippen molar-refractivity contribution in [3.8, 4) is 0 Å². The molecule has 0 heterocycles. The van der Waals surface area contributed by atoms with Crippen molar-refractivity contribution in [1.29, 1.82) is 0 Å². The minimum Gasteiger partial charge on any atom is -0.457 e. The Balaban J connectivity index is 4.00. The quantitative estimate of drug-likeness (QED) is 0.0348. The van der Waals surface area contributed by atoms with Crippen LogP contribution in [0, 0.1) is 0 Å². The van der Waals surface area contributed by atoms with Gasteiger partial charge in [-0.1, -0.05) is 142 Å². The zero-order chi connectivity index (χ0) is 33.4. The molecular formula is C34H67O10P. The maximum Gasteiger partial charge on any atom is 0.472 e. The molecule has 0 aliphatic carbocycles. The van der Waals surface area contributed by atoms with Gasteiger partial charge in [-0.3, -0.25) is 18.6 Å². The molecule has 0 saturated heterocycles. The third-order valence-electron chi connectivity index (χ3n) is 7.82. The Bertz CT molecular complexity index is 736. The Morgan fingerprint density at radius 1 is 0.511 bits per heavy atom. The average molecular weight is 667 g/mol. The molecule has 10 nitrogen and oxygen atoms in total. The smallest absolute Gasteiger partial charge is 0.457 e. The monoisotopic (exact) mass is 666 g/mol. The van der Waals surface area contributed by atoms with Crippen LogP contribution in [0.1, 0.15) is 168 Å². The lowest BCUT2D eigenvalue weighted by Crippen LogP contribution is -2.28. The summed E-state index contributed by atoms with van der Waals surface area (Å²) < 4.78 is 32.3. The number of carbonyl (C=O) groups is 2. The minimum atomic E-state index is -4.61. The first-order valence-corrected chi connectivity index (χ1v) is 19.5. The van der Waals surface area contributed by atoms with E-state index in [1.807, 2.05) is 0 Å². The van der Waals surface area contributed by atoms with Crippen LogP contribution in [0.4, 0.5) is 0 Å². The van der Waals surface area contributed by atoms with E-state index in [9.17, 15) is 29.3 Å². The van der Waals surface area contributed by atoms with Gasteiger partial charge in [-0.15, -0.1) is 0 Å². The van der Waals surface area contributed by atoms with E-state index < -0.39 is 58.4 Å². The summed E-state index contributed by atoms with van der Waals surface area (Å²) in [5.41, 5.74) is 0. The molecule has 0 rings (SSSR count). The van der Waals surface area contributed by atoms with Gasteiger partial charge in [0.2, 0.25) is 0 Å². The van der Waals surface area contributed by atoms with E-state index in [0.717, 1.165) is 38.5 Å². The van der Waals surface area contributed by atoms with Crippen LogP contribution in [0.25, 0.3) is 0 Å². The number of phosphoric ester groups is 1. The molecule has 11 heteroatoms. The molecule has 0 aromatic heterocycles. The van der Waals surface area contributed by atoms with E-state index in [-0.39, 0.29) is 12.8 Å². The van der Waals surface area contributed by atoms with Gasteiger partial charge >= 0.3 is 19.8 Å². The van der Waals surface area contributed by atoms with E-state index in [0.29, 0.717) is 12.8 Å². The van der Waals surface area contributed by atoms with Gasteiger partial charge in [-0.05, 0) is 12.8 Å². The van der Waals surface area contributed by atoms with E-state index in [1.54, 1.807) is 0 Å². The van der Waals surface area contributed by atoms with Crippen molar-refractivity contribution >= 4 is 19.8 Å². The molecule has 0 aliphatic rings. The van der Waals surface area contributed by atoms with Crippen LogP contribution in [-0.4, -0.2) is 65.7 Å². The van der Waals surface area contributed by atoms with Gasteiger partial charge in [-0.25, -0.2) is 4.57 Å². The molecular weight excluding hydrogens is 599 g/mol. The van der Waals surface area contributed by atoms with Crippen LogP contribution in [0.15, 0.2) is 0 Å². The molecule has 0 fully saturated rings. The van der Waals surface area contributed by atoms with Gasteiger partial charge in [0.1, 0.15) is 12.2 Å². The van der Waals surface area contributed by atoms with Crippen LogP contribution < -0.4 is 0 Å². The van der Waals surface area contributed by atoms with E-state index in [2.05, 4.69) is 13.8 Å². The number of aliphatic hydroxyl groups is 2. The summed E-state index contributed by atoms with van der Waals surface area (Å²) in [6.45, 7) is 2.18. The Morgan fingerprint density at radius 3 is 1.04 bits per heavy atom. The van der Waals surface area contributed by atoms with Crippen LogP contribution in [0.3, 0.4) is 0 Å². The summed E-state index contributed by atoms with van der Waals surface area (Å²) in [7, 11) is -4.61. The molecule has 0 radical (unpaired) electrons. The number of unbranched alkanes of at least 4 members (excludes halogenated alkanes) is 20. The van der Waals surface area contributed by atoms with Crippen LogP contribution in [-0.2, 0) is 32.7 Å². The van der Waals surface area contributed by atoms with Gasteiger partial charge in [0.25, 0.3) is 0 Å². The van der Waals surface area contributed by atoms with Gasteiger partial charge in [-0.2, -0.15) is 0 Å². The molecule has 45 heavy (non-hydrogen) atoms. The fourth-order valence-electron chi connectivity index (χ4n) is 5.00. The molecule has 0 aliphatic heterocycles. The molecule has 0 saturated carbocycles. The highest BCUT2D eigenvalue weighted by molar-refractivity contribution is 7.47. The first kappa shape index (κ1) is 44.0. The van der Waals surface area contributed by atoms with Gasteiger partial charge in [0.15, 0.2) is 0 Å². The van der Waals surface area contributed by atoms with Crippen LogP contribution in [0.5, 0.6) is 0 Å². The predicted molar refractivity (Wildman–Crippen MR) is 178 cm³/mol. The normalized spacial score (nSPS) is 14.2. The molecule has 3 atom stereocenters. The standard InChI is InChI=1S/C34H67O10P/c1-3-5-7-9-11-13-15-16-18-20-22-24-26-34(38)44-32(28-36)30-42-45(39,40)41-29-31(27-35)43-33(37)25-23-21-19-17-14-12-10-8-6-4-2/h31-32,35-36H,3-30H2,1-2H3,(H,39,40).